The number of carboxylic acid groups (broad SMARTS) is 1. The lowest BCUT2D eigenvalue weighted by Gasteiger charge is -2.36. The molecule has 11 nitrogen and oxygen atoms in total. The van der Waals surface area contributed by atoms with Crippen molar-refractivity contribution in [3.05, 3.63) is 71.6 Å². The van der Waals surface area contributed by atoms with Gasteiger partial charge in [0.15, 0.2) is 0 Å². The Labute approximate surface area is 229 Å². The molecular weight excluding hydrogens is 546 g/mol. The van der Waals surface area contributed by atoms with Crippen LogP contribution in [0.2, 0.25) is 5.02 Å². The minimum Gasteiger partial charge on any atom is -0.480 e. The molecule has 1 fully saturated rings. The number of hydrogen-bond donors (Lipinski definition) is 1. The summed E-state index contributed by atoms with van der Waals surface area (Å²) >= 11 is 6.03. The number of fused-ring (bicyclic) bond motifs is 1. The van der Waals surface area contributed by atoms with Crippen molar-refractivity contribution in [2.45, 2.75) is 11.8 Å². The minimum absolute atomic E-state index is 0.0732. The number of aryl methyl sites for hydroxylation is 1. The van der Waals surface area contributed by atoms with Crippen LogP contribution in [-0.2, 0) is 14.8 Å². The number of benzene rings is 3. The van der Waals surface area contributed by atoms with E-state index < -0.39 is 28.6 Å². The Morgan fingerprint density at radius 1 is 1.00 bits per heavy atom. The van der Waals surface area contributed by atoms with Crippen molar-refractivity contribution >= 4 is 50.1 Å². The molecule has 0 bridgehead atoms. The van der Waals surface area contributed by atoms with Gasteiger partial charge in [-0.2, -0.15) is 9.29 Å². The normalized spacial score (nSPS) is 14.5. The molecule has 0 saturated carbocycles. The second-order valence-electron chi connectivity index (χ2n) is 8.99. The number of aliphatic carboxylic acids is 1. The summed E-state index contributed by atoms with van der Waals surface area (Å²) < 4.78 is 33.0. The number of piperazine rings is 1. The summed E-state index contributed by atoms with van der Waals surface area (Å²) in [5.74, 6) is -0.397. The molecule has 0 aliphatic carbocycles. The number of hydrogen-bond acceptors (Lipinski definition) is 7. The van der Waals surface area contributed by atoms with Crippen LogP contribution in [0.3, 0.4) is 0 Å². The number of carbonyl (C=O) groups is 2. The zero-order valence-electron chi connectivity index (χ0n) is 20.8. The van der Waals surface area contributed by atoms with Gasteiger partial charge in [-0.1, -0.05) is 28.9 Å². The molecule has 0 radical (unpaired) electrons. The molecule has 5 rings (SSSR count). The lowest BCUT2D eigenvalue weighted by atomic mass is 10.1. The number of halogens is 1. The molecule has 13 heteroatoms. The zero-order valence-corrected chi connectivity index (χ0v) is 22.4. The van der Waals surface area contributed by atoms with E-state index in [0.717, 1.165) is 15.7 Å². The highest BCUT2D eigenvalue weighted by Gasteiger charge is 2.33. The Morgan fingerprint density at radius 3 is 2.31 bits per heavy atom. The summed E-state index contributed by atoms with van der Waals surface area (Å²) in [4.78, 5) is 31.8. The maximum atomic E-state index is 13.4. The standard InChI is InChI=1S/C26H24ClN5O6S/c1-17-28-25(29-38-17)18-3-7-22(8-4-18)32(16-24(33)34)26(35)30-10-12-31(13-11-30)39(36,37)23-9-5-19-14-21(27)6-2-20(19)15-23/h2-9,14-15H,10-13,16H2,1H3,(H,33,34). The van der Waals surface area contributed by atoms with Crippen molar-refractivity contribution in [1.82, 2.24) is 19.3 Å². The van der Waals surface area contributed by atoms with E-state index in [4.69, 9.17) is 16.1 Å². The number of amides is 2. The molecule has 2 amide bonds. The van der Waals surface area contributed by atoms with Crippen molar-refractivity contribution in [3.8, 4) is 11.4 Å². The van der Waals surface area contributed by atoms with Gasteiger partial charge >= 0.3 is 12.0 Å². The first-order valence-electron chi connectivity index (χ1n) is 12.0. The summed E-state index contributed by atoms with van der Waals surface area (Å²) in [6.07, 6.45) is 0. The third-order valence-corrected chi connectivity index (χ3v) is 8.54. The molecule has 0 atom stereocenters. The molecule has 202 valence electrons. The Hall–Kier alpha value is -4.00. The van der Waals surface area contributed by atoms with Gasteiger partial charge in [-0.15, -0.1) is 0 Å². The quantitative estimate of drug-likeness (QED) is 0.369. The minimum atomic E-state index is -3.80. The van der Waals surface area contributed by atoms with E-state index in [2.05, 4.69) is 10.1 Å². The molecule has 39 heavy (non-hydrogen) atoms. The van der Waals surface area contributed by atoms with Crippen LogP contribution in [0.5, 0.6) is 0 Å². The zero-order chi connectivity index (χ0) is 27.7. The number of carboxylic acids is 1. The van der Waals surface area contributed by atoms with Crippen molar-refractivity contribution in [1.29, 1.82) is 0 Å². The summed E-state index contributed by atoms with van der Waals surface area (Å²) in [5.41, 5.74) is 1.02. The van der Waals surface area contributed by atoms with Crippen molar-refractivity contribution < 1.29 is 27.6 Å². The highest BCUT2D eigenvalue weighted by atomic mass is 35.5. The van der Waals surface area contributed by atoms with E-state index in [1.54, 1.807) is 67.6 Å². The maximum Gasteiger partial charge on any atom is 0.325 e. The van der Waals surface area contributed by atoms with Gasteiger partial charge < -0.3 is 14.5 Å². The number of anilines is 1. The smallest absolute Gasteiger partial charge is 0.325 e. The Morgan fingerprint density at radius 2 is 1.67 bits per heavy atom. The lowest BCUT2D eigenvalue weighted by Crippen LogP contribution is -2.54. The van der Waals surface area contributed by atoms with Crippen LogP contribution in [0.1, 0.15) is 5.89 Å². The van der Waals surface area contributed by atoms with E-state index in [0.29, 0.717) is 28.0 Å². The van der Waals surface area contributed by atoms with Crippen LogP contribution in [0.25, 0.3) is 22.2 Å². The van der Waals surface area contributed by atoms with E-state index >= 15 is 0 Å². The molecule has 1 aromatic heterocycles. The SMILES string of the molecule is Cc1nc(-c2ccc(N(CC(=O)O)C(=O)N3CCN(S(=O)(=O)c4ccc5cc(Cl)ccc5c4)CC3)cc2)no1. The first kappa shape index (κ1) is 26.6. The van der Waals surface area contributed by atoms with Gasteiger partial charge in [0, 0.05) is 49.4 Å². The average Bonchev–Trinajstić information content (AvgIpc) is 3.37. The highest BCUT2D eigenvalue weighted by Crippen LogP contribution is 2.26. The average molecular weight is 570 g/mol. The predicted molar refractivity (Wildman–Crippen MR) is 144 cm³/mol. The molecule has 1 saturated heterocycles. The van der Waals surface area contributed by atoms with Crippen LogP contribution >= 0.6 is 11.6 Å². The first-order chi connectivity index (χ1) is 18.6. The van der Waals surface area contributed by atoms with Gasteiger partial charge in [0.1, 0.15) is 6.54 Å². The van der Waals surface area contributed by atoms with Gasteiger partial charge in [-0.25, -0.2) is 13.2 Å². The maximum absolute atomic E-state index is 13.4. The third kappa shape index (κ3) is 5.58. The lowest BCUT2D eigenvalue weighted by molar-refractivity contribution is -0.135. The highest BCUT2D eigenvalue weighted by molar-refractivity contribution is 7.89. The van der Waals surface area contributed by atoms with Crippen molar-refractivity contribution in [2.75, 3.05) is 37.6 Å². The Bertz CT molecular complexity index is 1650. The van der Waals surface area contributed by atoms with Crippen LogP contribution < -0.4 is 4.90 Å². The van der Waals surface area contributed by atoms with Crippen LogP contribution in [-0.4, -0.2) is 77.6 Å². The first-order valence-corrected chi connectivity index (χ1v) is 13.8. The molecule has 0 unspecified atom stereocenters. The Balaban J connectivity index is 1.30. The molecule has 1 aliphatic rings. The number of aromatic nitrogens is 2. The fraction of sp³-hybridized carbons (Fsp3) is 0.231. The molecule has 3 aromatic carbocycles. The second-order valence-corrected chi connectivity index (χ2v) is 11.4. The number of urea groups is 1. The van der Waals surface area contributed by atoms with E-state index in [-0.39, 0.29) is 31.1 Å². The number of carbonyl (C=O) groups excluding carboxylic acids is 1. The second kappa shape index (κ2) is 10.6. The fourth-order valence-corrected chi connectivity index (χ4v) is 6.04. The number of nitrogens with zero attached hydrogens (tertiary/aromatic N) is 5. The third-order valence-electron chi connectivity index (χ3n) is 6.41. The van der Waals surface area contributed by atoms with E-state index in [1.807, 2.05) is 0 Å². The van der Waals surface area contributed by atoms with Gasteiger partial charge in [0.05, 0.1) is 4.90 Å². The molecule has 2 heterocycles. The molecule has 0 spiro atoms. The molecule has 4 aromatic rings. The number of sulfonamides is 1. The monoisotopic (exact) mass is 569 g/mol. The largest absolute Gasteiger partial charge is 0.480 e. The fourth-order valence-electron chi connectivity index (χ4n) is 4.41. The molecule has 1 aliphatic heterocycles. The molecule has 1 N–H and O–H groups in total. The van der Waals surface area contributed by atoms with Crippen LogP contribution in [0, 0.1) is 6.92 Å². The van der Waals surface area contributed by atoms with Crippen molar-refractivity contribution in [3.63, 3.8) is 0 Å². The summed E-state index contributed by atoms with van der Waals surface area (Å²) in [6, 6.07) is 16.1. The van der Waals surface area contributed by atoms with Gasteiger partial charge in [-0.3, -0.25) is 9.69 Å². The van der Waals surface area contributed by atoms with Crippen molar-refractivity contribution in [2.24, 2.45) is 0 Å². The van der Waals surface area contributed by atoms with Crippen LogP contribution in [0.15, 0.2) is 70.1 Å². The molecular formula is C26H24ClN5O6S. The topological polar surface area (TPSA) is 137 Å². The van der Waals surface area contributed by atoms with Crippen LogP contribution in [0.4, 0.5) is 10.5 Å². The number of rotatable bonds is 6. The Kier molecular flexibility index (Phi) is 7.25. The predicted octanol–water partition coefficient (Wildman–Crippen LogP) is 3.87. The van der Waals surface area contributed by atoms with E-state index in [9.17, 15) is 23.1 Å². The van der Waals surface area contributed by atoms with E-state index in [1.165, 1.54) is 9.21 Å². The van der Waals surface area contributed by atoms with Gasteiger partial charge in [0.2, 0.25) is 21.7 Å². The summed E-state index contributed by atoms with van der Waals surface area (Å²) in [7, 11) is -3.80. The van der Waals surface area contributed by atoms with Gasteiger partial charge in [0.25, 0.3) is 0 Å². The summed E-state index contributed by atoms with van der Waals surface area (Å²) in [5, 5.41) is 15.5. The van der Waals surface area contributed by atoms with Gasteiger partial charge in [-0.05, 0) is 59.3 Å². The summed E-state index contributed by atoms with van der Waals surface area (Å²) in [6.45, 7) is 1.48.